The summed E-state index contributed by atoms with van der Waals surface area (Å²) in [5.74, 6) is 0. The van der Waals surface area contributed by atoms with Crippen molar-refractivity contribution in [3.8, 4) is 0 Å². The van der Waals surface area contributed by atoms with Crippen LogP contribution < -0.4 is 0 Å². The van der Waals surface area contributed by atoms with Crippen LogP contribution >= 0.6 is 0 Å². The molecule has 13 heavy (non-hydrogen) atoms. The summed E-state index contributed by atoms with van der Waals surface area (Å²) >= 11 is 0. The molecular formula is C10H15NO2. The van der Waals surface area contributed by atoms with Gasteiger partial charge in [0.2, 0.25) is 0 Å². The number of aliphatic hydroxyl groups is 1. The van der Waals surface area contributed by atoms with Crippen molar-refractivity contribution in [1.29, 1.82) is 0 Å². The number of rotatable bonds is 5. The summed E-state index contributed by atoms with van der Waals surface area (Å²) in [5, 5.41) is 9.46. The van der Waals surface area contributed by atoms with Gasteiger partial charge in [0, 0.05) is 6.20 Å². The van der Waals surface area contributed by atoms with E-state index in [0.29, 0.717) is 12.3 Å². The predicted octanol–water partition coefficient (Wildman–Crippen LogP) is 1.89. The fourth-order valence-electron chi connectivity index (χ4n) is 0.947. The molecule has 0 saturated heterocycles. The van der Waals surface area contributed by atoms with Crippen molar-refractivity contribution in [3.05, 3.63) is 30.1 Å². The van der Waals surface area contributed by atoms with E-state index in [9.17, 15) is 5.11 Å². The number of hydrogen-bond donors (Lipinski definition) is 1. The number of aromatic nitrogens is 1. The van der Waals surface area contributed by atoms with E-state index in [-0.39, 0.29) is 0 Å². The van der Waals surface area contributed by atoms with E-state index in [2.05, 4.69) is 11.9 Å². The van der Waals surface area contributed by atoms with Gasteiger partial charge in [-0.3, -0.25) is 4.98 Å². The number of hydrogen-bond acceptors (Lipinski definition) is 3. The van der Waals surface area contributed by atoms with Crippen molar-refractivity contribution in [2.45, 2.75) is 26.1 Å². The van der Waals surface area contributed by atoms with Crippen LogP contribution in [0.15, 0.2) is 24.4 Å². The molecule has 0 spiro atoms. The lowest BCUT2D eigenvalue weighted by Gasteiger charge is -2.10. The van der Waals surface area contributed by atoms with Gasteiger partial charge in [0.25, 0.3) is 0 Å². The molecule has 1 unspecified atom stereocenters. The number of aliphatic hydroxyl groups excluding tert-OH is 1. The Morgan fingerprint density at radius 3 is 3.00 bits per heavy atom. The largest absolute Gasteiger partial charge is 0.363 e. The molecule has 3 nitrogen and oxygen atoms in total. The van der Waals surface area contributed by atoms with Crippen molar-refractivity contribution in [2.75, 3.05) is 6.61 Å². The topological polar surface area (TPSA) is 42.4 Å². The van der Waals surface area contributed by atoms with Gasteiger partial charge >= 0.3 is 0 Å². The monoisotopic (exact) mass is 181 g/mol. The van der Waals surface area contributed by atoms with Crippen molar-refractivity contribution in [2.24, 2.45) is 0 Å². The minimum atomic E-state index is -0.882. The van der Waals surface area contributed by atoms with E-state index >= 15 is 0 Å². The lowest BCUT2D eigenvalue weighted by Crippen LogP contribution is -2.05. The van der Waals surface area contributed by atoms with Crippen LogP contribution in [-0.4, -0.2) is 16.7 Å². The highest BCUT2D eigenvalue weighted by atomic mass is 16.6. The molecule has 1 rings (SSSR count). The Hall–Kier alpha value is -0.930. The Balaban J connectivity index is 2.35. The number of ether oxygens (including phenoxy) is 1. The third kappa shape index (κ3) is 3.53. The maximum atomic E-state index is 9.46. The number of nitrogens with zero attached hydrogens (tertiary/aromatic N) is 1. The van der Waals surface area contributed by atoms with Gasteiger partial charge in [0.05, 0.1) is 12.3 Å². The highest BCUT2D eigenvalue weighted by Gasteiger charge is 2.06. The molecule has 0 saturated carbocycles. The minimum absolute atomic E-state index is 0.568. The summed E-state index contributed by atoms with van der Waals surface area (Å²) in [4.78, 5) is 3.98. The maximum Gasteiger partial charge on any atom is 0.198 e. The van der Waals surface area contributed by atoms with Crippen molar-refractivity contribution in [3.63, 3.8) is 0 Å². The van der Waals surface area contributed by atoms with Crippen molar-refractivity contribution >= 4 is 0 Å². The van der Waals surface area contributed by atoms with Gasteiger partial charge in [-0.15, -0.1) is 0 Å². The van der Waals surface area contributed by atoms with E-state index in [4.69, 9.17) is 4.74 Å². The van der Waals surface area contributed by atoms with Crippen LogP contribution in [0.1, 0.15) is 31.7 Å². The highest BCUT2D eigenvalue weighted by molar-refractivity contribution is 5.04. The summed E-state index contributed by atoms with van der Waals surface area (Å²) in [6.45, 7) is 2.66. The fraction of sp³-hybridized carbons (Fsp3) is 0.500. The van der Waals surface area contributed by atoms with Crippen LogP contribution in [0, 0.1) is 0 Å². The number of unbranched alkanes of at least 4 members (excludes halogenated alkanes) is 1. The number of pyridine rings is 1. The summed E-state index contributed by atoms with van der Waals surface area (Å²) in [7, 11) is 0. The van der Waals surface area contributed by atoms with Crippen LogP contribution in [0.2, 0.25) is 0 Å². The van der Waals surface area contributed by atoms with Gasteiger partial charge in [-0.1, -0.05) is 19.4 Å². The average Bonchev–Trinajstić information content (AvgIpc) is 2.19. The quantitative estimate of drug-likeness (QED) is 0.557. The predicted molar refractivity (Wildman–Crippen MR) is 50.1 cm³/mol. The fourth-order valence-corrected chi connectivity index (χ4v) is 0.947. The Bertz CT molecular complexity index is 226. The first-order valence-corrected chi connectivity index (χ1v) is 4.55. The molecule has 1 atom stereocenters. The van der Waals surface area contributed by atoms with Crippen LogP contribution in [0.5, 0.6) is 0 Å². The molecule has 0 aromatic carbocycles. The summed E-state index contributed by atoms with van der Waals surface area (Å²) in [5.41, 5.74) is 0.568. The van der Waals surface area contributed by atoms with Gasteiger partial charge in [-0.05, 0) is 18.6 Å². The minimum Gasteiger partial charge on any atom is -0.363 e. The van der Waals surface area contributed by atoms with Crippen LogP contribution in [0.25, 0.3) is 0 Å². The van der Waals surface area contributed by atoms with Gasteiger partial charge < -0.3 is 9.84 Å². The second-order valence-electron chi connectivity index (χ2n) is 2.83. The smallest absolute Gasteiger partial charge is 0.198 e. The summed E-state index contributed by atoms with van der Waals surface area (Å²) in [6, 6.07) is 5.38. The van der Waals surface area contributed by atoms with Crippen LogP contribution in [-0.2, 0) is 4.74 Å². The molecule has 1 aromatic rings. The molecule has 0 aliphatic carbocycles. The molecular weight excluding hydrogens is 166 g/mol. The summed E-state index contributed by atoms with van der Waals surface area (Å²) < 4.78 is 5.16. The molecule has 0 radical (unpaired) electrons. The first kappa shape index (κ1) is 10.2. The zero-order chi connectivity index (χ0) is 9.52. The van der Waals surface area contributed by atoms with E-state index in [0.717, 1.165) is 12.8 Å². The zero-order valence-corrected chi connectivity index (χ0v) is 7.81. The molecule has 0 amide bonds. The van der Waals surface area contributed by atoms with E-state index in [1.165, 1.54) is 0 Å². The third-order valence-corrected chi connectivity index (χ3v) is 1.71. The van der Waals surface area contributed by atoms with E-state index in [1.54, 1.807) is 12.3 Å². The highest BCUT2D eigenvalue weighted by Crippen LogP contribution is 2.10. The molecule has 0 bridgehead atoms. The molecule has 1 N–H and O–H groups in total. The second kappa shape index (κ2) is 5.67. The normalized spacial score (nSPS) is 12.8. The van der Waals surface area contributed by atoms with Gasteiger partial charge in [0.1, 0.15) is 0 Å². The molecule has 3 heteroatoms. The van der Waals surface area contributed by atoms with Gasteiger partial charge in [-0.25, -0.2) is 0 Å². The Labute approximate surface area is 78.4 Å². The molecule has 0 fully saturated rings. The standard InChI is InChI=1S/C10H15NO2/c1-2-3-8-13-10(12)9-6-4-5-7-11-9/h4-7,10,12H,2-3,8H2,1H3. The van der Waals surface area contributed by atoms with Gasteiger partial charge in [-0.2, -0.15) is 0 Å². The molecule has 0 aliphatic rings. The summed E-state index contributed by atoms with van der Waals surface area (Å²) in [6.07, 6.45) is 2.79. The second-order valence-corrected chi connectivity index (χ2v) is 2.83. The Morgan fingerprint density at radius 1 is 1.54 bits per heavy atom. The first-order chi connectivity index (χ1) is 6.34. The van der Waals surface area contributed by atoms with E-state index in [1.807, 2.05) is 12.1 Å². The third-order valence-electron chi connectivity index (χ3n) is 1.71. The molecule has 72 valence electrons. The van der Waals surface area contributed by atoms with Gasteiger partial charge in [0.15, 0.2) is 6.29 Å². The first-order valence-electron chi connectivity index (χ1n) is 4.55. The average molecular weight is 181 g/mol. The van der Waals surface area contributed by atoms with Crippen molar-refractivity contribution in [1.82, 2.24) is 4.98 Å². The lowest BCUT2D eigenvalue weighted by molar-refractivity contribution is -0.106. The van der Waals surface area contributed by atoms with Crippen LogP contribution in [0.4, 0.5) is 0 Å². The SMILES string of the molecule is CCCCOC(O)c1ccccn1. The molecule has 1 aromatic heterocycles. The molecule has 1 heterocycles. The Kier molecular flexibility index (Phi) is 4.43. The van der Waals surface area contributed by atoms with E-state index < -0.39 is 6.29 Å². The Morgan fingerprint density at radius 2 is 2.38 bits per heavy atom. The maximum absolute atomic E-state index is 9.46. The zero-order valence-electron chi connectivity index (χ0n) is 7.81. The van der Waals surface area contributed by atoms with Crippen LogP contribution in [0.3, 0.4) is 0 Å². The lowest BCUT2D eigenvalue weighted by atomic mass is 10.3. The van der Waals surface area contributed by atoms with Crippen molar-refractivity contribution < 1.29 is 9.84 Å². The molecule has 0 aliphatic heterocycles.